The maximum Gasteiger partial charge on any atom is 0.264 e. The van der Waals surface area contributed by atoms with Gasteiger partial charge in [-0.25, -0.2) is 8.42 Å². The first kappa shape index (κ1) is 34.0. The van der Waals surface area contributed by atoms with E-state index in [1.165, 1.54) is 37.3 Å². The van der Waals surface area contributed by atoms with Crippen LogP contribution in [-0.4, -0.2) is 58.0 Å². The number of carbonyl (C=O) groups excluding carboxylic acids is 2. The Morgan fingerprint density at radius 2 is 1.56 bits per heavy atom. The Morgan fingerprint density at radius 1 is 0.907 bits per heavy atom. The molecule has 0 radical (unpaired) electrons. The summed E-state index contributed by atoms with van der Waals surface area (Å²) in [6, 6.07) is 14.9. The summed E-state index contributed by atoms with van der Waals surface area (Å²) in [5.74, 6) is -0.359. The maximum atomic E-state index is 14.2. The van der Waals surface area contributed by atoms with Crippen LogP contribution in [0.25, 0.3) is 0 Å². The number of carbonyl (C=O) groups is 2. The fraction of sp³-hybridized carbons (Fsp3) is 0.355. The van der Waals surface area contributed by atoms with E-state index >= 15 is 0 Å². The largest absolute Gasteiger partial charge is 0.493 e. The van der Waals surface area contributed by atoms with Gasteiger partial charge in [-0.1, -0.05) is 53.9 Å². The van der Waals surface area contributed by atoms with Gasteiger partial charge in [0.2, 0.25) is 11.8 Å². The number of rotatable bonds is 13. The number of hydrogen-bond donors (Lipinski definition) is 1. The summed E-state index contributed by atoms with van der Waals surface area (Å²) < 4.78 is 39.9. The van der Waals surface area contributed by atoms with Gasteiger partial charge in [-0.05, 0) is 69.2 Å². The number of anilines is 1. The average Bonchev–Trinajstić information content (AvgIpc) is 2.97. The van der Waals surface area contributed by atoms with E-state index in [1.54, 1.807) is 49.4 Å². The van der Waals surface area contributed by atoms with Gasteiger partial charge in [0, 0.05) is 18.7 Å². The van der Waals surface area contributed by atoms with Crippen molar-refractivity contribution in [2.75, 3.05) is 25.1 Å². The summed E-state index contributed by atoms with van der Waals surface area (Å²) in [4.78, 5) is 28.7. The number of nitrogens with zero attached hydrogens (tertiary/aromatic N) is 2. The highest BCUT2D eigenvalue weighted by Gasteiger charge is 2.34. The van der Waals surface area contributed by atoms with Crippen molar-refractivity contribution < 1.29 is 27.5 Å². The lowest BCUT2D eigenvalue weighted by Crippen LogP contribution is -2.53. The van der Waals surface area contributed by atoms with E-state index in [0.29, 0.717) is 27.8 Å². The Morgan fingerprint density at radius 3 is 2.12 bits per heavy atom. The predicted octanol–water partition coefficient (Wildman–Crippen LogP) is 5.85. The Labute approximate surface area is 263 Å². The predicted molar refractivity (Wildman–Crippen MR) is 170 cm³/mol. The van der Waals surface area contributed by atoms with E-state index in [9.17, 15) is 18.0 Å². The highest BCUT2D eigenvalue weighted by Crippen LogP contribution is 2.33. The van der Waals surface area contributed by atoms with Crippen LogP contribution in [0.2, 0.25) is 10.0 Å². The Balaban J connectivity index is 2.11. The number of sulfonamides is 1. The lowest BCUT2D eigenvalue weighted by molar-refractivity contribution is -0.140. The zero-order valence-electron chi connectivity index (χ0n) is 25.1. The second-order valence-corrected chi connectivity index (χ2v) is 12.9. The standard InChI is InChI=1S/C31H37Cl2N3O6S/c1-7-27(31(38)34-20(2)3)35(18-22-10-14-25(32)26(33)16-22)30(37)19-36(23-11-8-21(4)9-12-23)43(39,40)24-13-15-28(41-5)29(17-24)42-6/h8-17,20,27H,7,18-19H2,1-6H3,(H,34,38)/t27-/m1/s1. The minimum Gasteiger partial charge on any atom is -0.493 e. The quantitative estimate of drug-likeness (QED) is 0.249. The third-order valence-electron chi connectivity index (χ3n) is 6.70. The number of ether oxygens (including phenoxy) is 2. The van der Waals surface area contributed by atoms with Gasteiger partial charge in [0.25, 0.3) is 10.0 Å². The van der Waals surface area contributed by atoms with Crippen LogP contribution in [0.4, 0.5) is 5.69 Å². The molecule has 2 amide bonds. The lowest BCUT2D eigenvalue weighted by Gasteiger charge is -2.33. The molecule has 0 unspecified atom stereocenters. The summed E-state index contributed by atoms with van der Waals surface area (Å²) in [7, 11) is -1.44. The van der Waals surface area contributed by atoms with Gasteiger partial charge in [-0.15, -0.1) is 0 Å². The fourth-order valence-electron chi connectivity index (χ4n) is 4.48. The molecule has 0 fully saturated rings. The van der Waals surface area contributed by atoms with Crippen LogP contribution in [0.3, 0.4) is 0 Å². The molecule has 0 bridgehead atoms. The smallest absolute Gasteiger partial charge is 0.264 e. The SMILES string of the molecule is CC[C@H](C(=O)NC(C)C)N(Cc1ccc(Cl)c(Cl)c1)C(=O)CN(c1ccc(C)cc1)S(=O)(=O)c1ccc(OC)c(OC)c1. The Hall–Kier alpha value is -3.47. The fourth-order valence-corrected chi connectivity index (χ4v) is 6.23. The number of aryl methyl sites for hydroxylation is 1. The zero-order chi connectivity index (χ0) is 31.9. The van der Waals surface area contributed by atoms with Crippen LogP contribution >= 0.6 is 23.2 Å². The van der Waals surface area contributed by atoms with Gasteiger partial charge in [-0.2, -0.15) is 0 Å². The molecule has 1 N–H and O–H groups in total. The van der Waals surface area contributed by atoms with Crippen molar-refractivity contribution in [3.05, 3.63) is 81.8 Å². The van der Waals surface area contributed by atoms with Crippen molar-refractivity contribution in [1.29, 1.82) is 0 Å². The van der Waals surface area contributed by atoms with Crippen LogP contribution in [0.15, 0.2) is 65.6 Å². The summed E-state index contributed by atoms with van der Waals surface area (Å²) in [6.07, 6.45) is 0.290. The Bertz CT molecular complexity index is 1550. The van der Waals surface area contributed by atoms with Crippen molar-refractivity contribution >= 4 is 50.7 Å². The van der Waals surface area contributed by atoms with Gasteiger partial charge in [0.05, 0.1) is 34.8 Å². The van der Waals surface area contributed by atoms with E-state index in [1.807, 2.05) is 20.8 Å². The lowest BCUT2D eigenvalue weighted by atomic mass is 10.1. The molecular formula is C31H37Cl2N3O6S. The molecule has 0 saturated carbocycles. The normalized spacial score (nSPS) is 12.0. The molecule has 1 atom stereocenters. The van der Waals surface area contributed by atoms with Gasteiger partial charge in [0.15, 0.2) is 11.5 Å². The van der Waals surface area contributed by atoms with Gasteiger partial charge in [0.1, 0.15) is 12.6 Å². The number of benzene rings is 3. The van der Waals surface area contributed by atoms with Gasteiger partial charge in [-0.3, -0.25) is 13.9 Å². The number of nitrogens with one attached hydrogen (secondary N) is 1. The van der Waals surface area contributed by atoms with E-state index in [0.717, 1.165) is 9.87 Å². The molecule has 0 aliphatic carbocycles. The van der Waals surface area contributed by atoms with Crippen LogP contribution in [0.5, 0.6) is 11.5 Å². The van der Waals surface area contributed by atoms with Crippen LogP contribution < -0.4 is 19.1 Å². The zero-order valence-corrected chi connectivity index (χ0v) is 27.4. The second kappa shape index (κ2) is 14.8. The molecule has 3 rings (SSSR count). The van der Waals surface area contributed by atoms with Crippen molar-refractivity contribution in [2.45, 2.75) is 57.6 Å². The number of hydrogen-bond acceptors (Lipinski definition) is 6. The van der Waals surface area contributed by atoms with E-state index in [4.69, 9.17) is 32.7 Å². The van der Waals surface area contributed by atoms with Crippen molar-refractivity contribution in [1.82, 2.24) is 10.2 Å². The summed E-state index contributed by atoms with van der Waals surface area (Å²) in [6.45, 7) is 6.73. The third-order valence-corrected chi connectivity index (χ3v) is 9.21. The molecule has 3 aromatic carbocycles. The molecule has 43 heavy (non-hydrogen) atoms. The van der Waals surface area contributed by atoms with Gasteiger partial charge >= 0.3 is 0 Å². The minimum absolute atomic E-state index is 0.00209. The minimum atomic E-state index is -4.30. The van der Waals surface area contributed by atoms with Gasteiger partial charge < -0.3 is 19.7 Å². The van der Waals surface area contributed by atoms with Crippen molar-refractivity contribution in [2.24, 2.45) is 0 Å². The molecule has 0 aromatic heterocycles. The highest BCUT2D eigenvalue weighted by atomic mass is 35.5. The molecule has 0 heterocycles. The van der Waals surface area contributed by atoms with E-state index in [-0.39, 0.29) is 34.8 Å². The Kier molecular flexibility index (Phi) is 11.7. The first-order valence-corrected chi connectivity index (χ1v) is 15.9. The molecule has 0 aliphatic rings. The summed E-state index contributed by atoms with van der Waals surface area (Å²) in [5, 5.41) is 3.51. The van der Waals surface area contributed by atoms with E-state index in [2.05, 4.69) is 5.32 Å². The summed E-state index contributed by atoms with van der Waals surface area (Å²) >= 11 is 12.4. The molecule has 3 aromatic rings. The number of methoxy groups -OCH3 is 2. The molecule has 0 spiro atoms. The third kappa shape index (κ3) is 8.34. The molecule has 12 heteroatoms. The number of amides is 2. The maximum absolute atomic E-state index is 14.2. The van der Waals surface area contributed by atoms with E-state index < -0.39 is 28.5 Å². The van der Waals surface area contributed by atoms with Crippen molar-refractivity contribution in [3.8, 4) is 11.5 Å². The highest BCUT2D eigenvalue weighted by molar-refractivity contribution is 7.92. The first-order valence-electron chi connectivity index (χ1n) is 13.7. The molecule has 232 valence electrons. The monoisotopic (exact) mass is 649 g/mol. The van der Waals surface area contributed by atoms with Crippen LogP contribution in [0, 0.1) is 6.92 Å². The molecule has 9 nitrogen and oxygen atoms in total. The van der Waals surface area contributed by atoms with Crippen LogP contribution in [-0.2, 0) is 26.2 Å². The first-order chi connectivity index (χ1) is 20.3. The molecular weight excluding hydrogens is 613 g/mol. The average molecular weight is 651 g/mol. The topological polar surface area (TPSA) is 105 Å². The molecule has 0 saturated heterocycles. The summed E-state index contributed by atoms with van der Waals surface area (Å²) in [5.41, 5.74) is 1.82. The second-order valence-electron chi connectivity index (χ2n) is 10.2. The van der Waals surface area contributed by atoms with Crippen LogP contribution in [0.1, 0.15) is 38.3 Å². The molecule has 0 aliphatic heterocycles. The van der Waals surface area contributed by atoms with Crippen molar-refractivity contribution in [3.63, 3.8) is 0 Å². The number of halogens is 2.